The van der Waals surface area contributed by atoms with E-state index in [2.05, 4.69) is 17.6 Å². The van der Waals surface area contributed by atoms with Crippen LogP contribution in [0, 0.1) is 5.41 Å². The molecule has 0 saturated heterocycles. The zero-order valence-electron chi connectivity index (χ0n) is 13.0. The highest BCUT2D eigenvalue weighted by Gasteiger charge is 2.37. The SMILES string of the molecule is CC1(F)CCC(C)(CNCC(=O)NC(C)(C)C)CC1. The predicted octanol–water partition coefficient (Wildman–Crippen LogP) is 2.80. The number of carbonyl (C=O) groups excluding carboxylic acids is 1. The molecule has 19 heavy (non-hydrogen) atoms. The molecule has 4 heteroatoms. The number of alkyl halides is 1. The van der Waals surface area contributed by atoms with Crippen molar-refractivity contribution in [2.75, 3.05) is 13.1 Å². The minimum absolute atomic E-state index is 0.0160. The van der Waals surface area contributed by atoms with Crippen molar-refractivity contribution in [2.45, 2.75) is 71.5 Å². The molecule has 1 aliphatic carbocycles. The Bertz CT molecular complexity index is 311. The summed E-state index contributed by atoms with van der Waals surface area (Å²) in [5.41, 5.74) is -1.07. The van der Waals surface area contributed by atoms with E-state index in [1.54, 1.807) is 6.92 Å². The number of halogens is 1. The third kappa shape index (κ3) is 6.37. The van der Waals surface area contributed by atoms with E-state index in [-0.39, 0.29) is 16.9 Å². The fraction of sp³-hybridized carbons (Fsp3) is 0.933. The van der Waals surface area contributed by atoms with Gasteiger partial charge < -0.3 is 10.6 Å². The summed E-state index contributed by atoms with van der Waals surface area (Å²) in [7, 11) is 0. The van der Waals surface area contributed by atoms with Crippen molar-refractivity contribution in [3.63, 3.8) is 0 Å². The Hall–Kier alpha value is -0.640. The van der Waals surface area contributed by atoms with Crippen LogP contribution in [0.3, 0.4) is 0 Å². The van der Waals surface area contributed by atoms with E-state index in [9.17, 15) is 9.18 Å². The third-order valence-corrected chi connectivity index (χ3v) is 3.85. The predicted molar refractivity (Wildman–Crippen MR) is 76.9 cm³/mol. The molecule has 0 heterocycles. The van der Waals surface area contributed by atoms with Crippen LogP contribution in [-0.4, -0.2) is 30.2 Å². The van der Waals surface area contributed by atoms with Crippen molar-refractivity contribution in [3.05, 3.63) is 0 Å². The van der Waals surface area contributed by atoms with Crippen LogP contribution in [0.5, 0.6) is 0 Å². The minimum Gasteiger partial charge on any atom is -0.350 e. The van der Waals surface area contributed by atoms with Crippen molar-refractivity contribution in [1.82, 2.24) is 10.6 Å². The molecule has 112 valence electrons. The van der Waals surface area contributed by atoms with Crippen molar-refractivity contribution >= 4 is 5.91 Å². The fourth-order valence-electron chi connectivity index (χ4n) is 2.49. The van der Waals surface area contributed by atoms with Crippen LogP contribution < -0.4 is 10.6 Å². The summed E-state index contributed by atoms with van der Waals surface area (Å²) in [5, 5.41) is 6.13. The van der Waals surface area contributed by atoms with Crippen LogP contribution >= 0.6 is 0 Å². The van der Waals surface area contributed by atoms with Crippen molar-refractivity contribution in [1.29, 1.82) is 0 Å². The third-order valence-electron chi connectivity index (χ3n) is 3.85. The summed E-state index contributed by atoms with van der Waals surface area (Å²) < 4.78 is 13.8. The summed E-state index contributed by atoms with van der Waals surface area (Å²) >= 11 is 0. The van der Waals surface area contributed by atoms with Crippen LogP contribution in [0.15, 0.2) is 0 Å². The Morgan fingerprint density at radius 3 is 2.16 bits per heavy atom. The van der Waals surface area contributed by atoms with Gasteiger partial charge in [-0.15, -0.1) is 0 Å². The number of hydrogen-bond acceptors (Lipinski definition) is 2. The van der Waals surface area contributed by atoms with Gasteiger partial charge in [0.1, 0.15) is 5.67 Å². The molecule has 0 spiro atoms. The van der Waals surface area contributed by atoms with Gasteiger partial charge in [0.15, 0.2) is 0 Å². The van der Waals surface area contributed by atoms with Crippen LogP contribution in [0.25, 0.3) is 0 Å². The maximum Gasteiger partial charge on any atom is 0.234 e. The molecular formula is C15H29FN2O. The molecule has 2 N–H and O–H groups in total. The Labute approximate surface area is 116 Å². The lowest BCUT2D eigenvalue weighted by Crippen LogP contribution is -2.47. The van der Waals surface area contributed by atoms with Gasteiger partial charge in [-0.3, -0.25) is 4.79 Å². The maximum atomic E-state index is 13.8. The average Bonchev–Trinajstić information content (AvgIpc) is 2.21. The van der Waals surface area contributed by atoms with Crippen molar-refractivity contribution in [2.24, 2.45) is 5.41 Å². The largest absolute Gasteiger partial charge is 0.350 e. The smallest absolute Gasteiger partial charge is 0.234 e. The van der Waals surface area contributed by atoms with E-state index in [0.717, 1.165) is 19.4 Å². The van der Waals surface area contributed by atoms with Gasteiger partial charge in [-0.2, -0.15) is 0 Å². The number of nitrogens with one attached hydrogen (secondary N) is 2. The molecule has 0 unspecified atom stereocenters. The first-order chi connectivity index (χ1) is 8.52. The van der Waals surface area contributed by atoms with Crippen LogP contribution in [0.4, 0.5) is 4.39 Å². The molecule has 1 saturated carbocycles. The number of rotatable bonds is 4. The van der Waals surface area contributed by atoms with Crippen molar-refractivity contribution in [3.8, 4) is 0 Å². The van der Waals surface area contributed by atoms with Crippen LogP contribution in [0.2, 0.25) is 0 Å². The van der Waals surface area contributed by atoms with E-state index < -0.39 is 5.67 Å². The second kappa shape index (κ2) is 5.78. The van der Waals surface area contributed by atoms with Gasteiger partial charge in [-0.1, -0.05) is 6.92 Å². The van der Waals surface area contributed by atoms with Gasteiger partial charge in [0.25, 0.3) is 0 Å². The zero-order valence-corrected chi connectivity index (χ0v) is 13.0. The number of carbonyl (C=O) groups is 1. The van der Waals surface area contributed by atoms with Crippen LogP contribution in [0.1, 0.15) is 60.3 Å². The average molecular weight is 272 g/mol. The van der Waals surface area contributed by atoms with E-state index in [1.807, 2.05) is 20.8 Å². The first-order valence-corrected chi connectivity index (χ1v) is 7.22. The quantitative estimate of drug-likeness (QED) is 0.826. The van der Waals surface area contributed by atoms with E-state index in [4.69, 9.17) is 0 Å². The topological polar surface area (TPSA) is 41.1 Å². The Morgan fingerprint density at radius 1 is 1.16 bits per heavy atom. The molecule has 0 bridgehead atoms. The number of amides is 1. The molecule has 1 fully saturated rings. The van der Waals surface area contributed by atoms with Gasteiger partial charge in [-0.25, -0.2) is 4.39 Å². The zero-order chi connectivity index (χ0) is 14.7. The molecule has 0 radical (unpaired) electrons. The summed E-state index contributed by atoms with van der Waals surface area (Å²) in [5.74, 6) is 0.0160. The molecule has 1 amide bonds. The summed E-state index contributed by atoms with van der Waals surface area (Å²) in [4.78, 5) is 11.7. The maximum absolute atomic E-state index is 13.8. The minimum atomic E-state index is -0.997. The lowest BCUT2D eigenvalue weighted by Gasteiger charge is -2.39. The van der Waals surface area contributed by atoms with E-state index >= 15 is 0 Å². The van der Waals surface area contributed by atoms with E-state index in [0.29, 0.717) is 19.4 Å². The molecule has 1 aliphatic rings. The lowest BCUT2D eigenvalue weighted by atomic mass is 9.71. The van der Waals surface area contributed by atoms with Gasteiger partial charge >= 0.3 is 0 Å². The van der Waals surface area contributed by atoms with Gasteiger partial charge in [-0.05, 0) is 58.8 Å². The Kier molecular flexibility index (Phi) is 4.99. The summed E-state index contributed by atoms with van der Waals surface area (Å²) in [6, 6.07) is 0. The number of hydrogen-bond donors (Lipinski definition) is 2. The summed E-state index contributed by atoms with van der Waals surface area (Å²) in [6.07, 6.45) is 3.01. The normalized spacial score (nSPS) is 32.1. The molecule has 0 aliphatic heterocycles. The second-order valence-corrected chi connectivity index (χ2v) is 7.63. The first kappa shape index (κ1) is 16.4. The Morgan fingerprint density at radius 2 is 1.68 bits per heavy atom. The first-order valence-electron chi connectivity index (χ1n) is 7.22. The molecule has 0 aromatic carbocycles. The van der Waals surface area contributed by atoms with Crippen LogP contribution in [-0.2, 0) is 4.79 Å². The highest BCUT2D eigenvalue weighted by Crippen LogP contribution is 2.41. The standard InChI is InChI=1S/C15H29FN2O/c1-13(2,3)18-12(19)10-17-11-14(4)6-8-15(5,16)9-7-14/h17H,6-11H2,1-5H3,(H,18,19). The molecule has 1 rings (SSSR count). The molecule has 0 aromatic rings. The van der Waals surface area contributed by atoms with Gasteiger partial charge in [0.05, 0.1) is 6.54 Å². The highest BCUT2D eigenvalue weighted by molar-refractivity contribution is 5.78. The molecular weight excluding hydrogens is 243 g/mol. The molecule has 3 nitrogen and oxygen atoms in total. The lowest BCUT2D eigenvalue weighted by molar-refractivity contribution is -0.121. The fourth-order valence-corrected chi connectivity index (χ4v) is 2.49. The highest BCUT2D eigenvalue weighted by atomic mass is 19.1. The Balaban J connectivity index is 2.28. The van der Waals surface area contributed by atoms with Gasteiger partial charge in [0, 0.05) is 12.1 Å². The molecule has 0 aromatic heterocycles. The van der Waals surface area contributed by atoms with Gasteiger partial charge in [0.2, 0.25) is 5.91 Å². The molecule has 0 atom stereocenters. The van der Waals surface area contributed by atoms with E-state index in [1.165, 1.54) is 0 Å². The van der Waals surface area contributed by atoms with Crippen molar-refractivity contribution < 1.29 is 9.18 Å². The summed E-state index contributed by atoms with van der Waals surface area (Å²) in [6.45, 7) is 10.9. The second-order valence-electron chi connectivity index (χ2n) is 7.63. The monoisotopic (exact) mass is 272 g/mol.